The molecule has 2 saturated heterocycles. The highest BCUT2D eigenvalue weighted by Crippen LogP contribution is 2.64. The Hall–Kier alpha value is -1.94. The Kier molecular flexibility index (Phi) is 4.83. The van der Waals surface area contributed by atoms with Crippen LogP contribution in [0, 0.1) is 17.3 Å². The van der Waals surface area contributed by atoms with Crippen molar-refractivity contribution in [2.24, 2.45) is 17.3 Å². The molecule has 2 saturated carbocycles. The van der Waals surface area contributed by atoms with Crippen LogP contribution in [0.25, 0.3) is 11.3 Å². The summed E-state index contributed by atoms with van der Waals surface area (Å²) in [6.07, 6.45) is 0.0431. The van der Waals surface area contributed by atoms with Crippen molar-refractivity contribution in [2.45, 2.75) is 57.3 Å². The Bertz CT molecular complexity index is 1200. The number of hydrogen-bond acceptors (Lipinski definition) is 5. The van der Waals surface area contributed by atoms with Crippen LogP contribution in [0.4, 0.5) is 13.2 Å². The summed E-state index contributed by atoms with van der Waals surface area (Å²) in [7, 11) is -2.81. The lowest BCUT2D eigenvalue weighted by molar-refractivity contribution is -0.141. The molecular formula is C24H29F3N4O2S. The van der Waals surface area contributed by atoms with E-state index in [1.165, 1.54) is 18.0 Å². The highest BCUT2D eigenvalue weighted by atomic mass is 32.2. The van der Waals surface area contributed by atoms with Gasteiger partial charge in [-0.2, -0.15) is 18.3 Å². The van der Waals surface area contributed by atoms with Crippen molar-refractivity contribution in [3.05, 3.63) is 35.8 Å². The van der Waals surface area contributed by atoms with E-state index in [0.717, 1.165) is 38.4 Å². The van der Waals surface area contributed by atoms with Gasteiger partial charge in [0.25, 0.3) is 0 Å². The van der Waals surface area contributed by atoms with Crippen molar-refractivity contribution in [1.29, 1.82) is 0 Å². The molecule has 6 nitrogen and oxygen atoms in total. The fourth-order valence-electron chi connectivity index (χ4n) is 6.88. The van der Waals surface area contributed by atoms with Crippen LogP contribution in [-0.2, 0) is 16.0 Å². The van der Waals surface area contributed by atoms with Crippen LogP contribution >= 0.6 is 0 Å². The molecule has 2 aliphatic heterocycles. The third kappa shape index (κ3) is 3.68. The molecule has 0 radical (unpaired) electrons. The van der Waals surface area contributed by atoms with E-state index in [2.05, 4.69) is 23.7 Å². The normalized spacial score (nSPS) is 31.7. The smallest absolute Gasteiger partial charge is 0.300 e. The minimum atomic E-state index is -4.45. The second-order valence-corrected chi connectivity index (χ2v) is 13.2. The molecule has 4 atom stereocenters. The van der Waals surface area contributed by atoms with Gasteiger partial charge in [0.2, 0.25) is 0 Å². The van der Waals surface area contributed by atoms with E-state index in [1.807, 2.05) is 10.7 Å². The topological polar surface area (TPSA) is 68.1 Å². The number of hydrogen-bond donors (Lipinski definition) is 0. The number of likely N-dealkylation sites (tertiary alicyclic amines) is 1. The van der Waals surface area contributed by atoms with Crippen LogP contribution in [0.3, 0.4) is 0 Å². The fraction of sp³-hybridized carbons (Fsp3) is 0.667. The molecule has 184 valence electrons. The van der Waals surface area contributed by atoms with E-state index >= 15 is 0 Å². The molecule has 10 heteroatoms. The molecular weight excluding hydrogens is 465 g/mol. The Balaban J connectivity index is 1.15. The average Bonchev–Trinajstić information content (AvgIpc) is 3.18. The maximum Gasteiger partial charge on any atom is 0.433 e. The van der Waals surface area contributed by atoms with Crippen LogP contribution in [-0.4, -0.2) is 58.7 Å². The zero-order chi connectivity index (χ0) is 24.0. The molecule has 4 heterocycles. The average molecular weight is 495 g/mol. The molecule has 2 unspecified atom stereocenters. The van der Waals surface area contributed by atoms with E-state index in [4.69, 9.17) is 5.10 Å². The summed E-state index contributed by atoms with van der Waals surface area (Å²) in [6, 6.07) is 5.17. The van der Waals surface area contributed by atoms with Crippen molar-refractivity contribution >= 4 is 9.84 Å². The summed E-state index contributed by atoms with van der Waals surface area (Å²) in [5.41, 5.74) is 1.53. The Labute approximate surface area is 197 Å². The maximum absolute atomic E-state index is 12.9. The van der Waals surface area contributed by atoms with Crippen LogP contribution in [0.2, 0.25) is 0 Å². The second-order valence-electron chi connectivity index (χ2n) is 11.2. The lowest BCUT2D eigenvalue weighted by Crippen LogP contribution is -2.50. The zero-order valence-corrected chi connectivity index (χ0v) is 20.1. The van der Waals surface area contributed by atoms with E-state index < -0.39 is 21.7 Å². The van der Waals surface area contributed by atoms with Crippen molar-refractivity contribution in [3.63, 3.8) is 0 Å². The first kappa shape index (κ1) is 22.5. The third-order valence-corrected chi connectivity index (χ3v) is 10.5. The summed E-state index contributed by atoms with van der Waals surface area (Å²) in [5, 5.41) is 4.74. The molecule has 34 heavy (non-hydrogen) atoms. The highest BCUT2D eigenvalue weighted by Gasteiger charge is 2.60. The molecule has 0 aromatic carbocycles. The first-order chi connectivity index (χ1) is 15.9. The lowest BCUT2D eigenvalue weighted by Gasteiger charge is -2.38. The van der Waals surface area contributed by atoms with Gasteiger partial charge in [0, 0.05) is 47.4 Å². The van der Waals surface area contributed by atoms with Crippen LogP contribution in [0.15, 0.2) is 24.4 Å². The number of alkyl halides is 3. The Morgan fingerprint density at radius 2 is 1.85 bits per heavy atom. The quantitative estimate of drug-likeness (QED) is 0.639. The first-order valence-corrected chi connectivity index (χ1v) is 13.8. The fourth-order valence-corrected chi connectivity index (χ4v) is 9.14. The number of sulfone groups is 1. The van der Waals surface area contributed by atoms with Crippen molar-refractivity contribution < 1.29 is 21.6 Å². The van der Waals surface area contributed by atoms with E-state index in [9.17, 15) is 21.6 Å². The summed E-state index contributed by atoms with van der Waals surface area (Å²) >= 11 is 0. The van der Waals surface area contributed by atoms with Crippen LogP contribution < -0.4 is 0 Å². The Morgan fingerprint density at radius 3 is 2.41 bits per heavy atom. The molecule has 0 bridgehead atoms. The van der Waals surface area contributed by atoms with Crippen molar-refractivity contribution in [3.8, 4) is 11.3 Å². The number of pyridine rings is 1. The molecule has 4 fully saturated rings. The maximum atomic E-state index is 12.9. The minimum absolute atomic E-state index is 0.00583. The van der Waals surface area contributed by atoms with Gasteiger partial charge in [-0.25, -0.2) is 8.42 Å². The minimum Gasteiger partial charge on any atom is -0.300 e. The van der Waals surface area contributed by atoms with Crippen LogP contribution in [0.5, 0.6) is 0 Å². The summed E-state index contributed by atoms with van der Waals surface area (Å²) < 4.78 is 64.1. The molecule has 2 aromatic rings. The number of nitrogens with zero attached hydrogens (tertiary/aromatic N) is 4. The molecule has 0 N–H and O–H groups in total. The monoisotopic (exact) mass is 494 g/mol. The predicted molar refractivity (Wildman–Crippen MR) is 121 cm³/mol. The van der Waals surface area contributed by atoms with Crippen molar-refractivity contribution in [1.82, 2.24) is 19.7 Å². The standard InChI is InChI=1S/C24H29F3N4O2S/c1-14(2)31-20(9-19(29-31)15-3-4-21(28-10-15)24(25,26)27)22-17-7-16(8-18(17)22)30-6-5-23(11-30)12-34(32,33)13-23/h3-4,9-10,14,16-18,22H,5-8,11-13H2,1-2H3/t16?,17-,18+,22?. The van der Waals surface area contributed by atoms with Gasteiger partial charge in [-0.3, -0.25) is 14.6 Å². The van der Waals surface area contributed by atoms with E-state index in [-0.39, 0.29) is 11.5 Å². The largest absolute Gasteiger partial charge is 0.433 e. The summed E-state index contributed by atoms with van der Waals surface area (Å²) in [4.78, 5) is 6.12. The van der Waals surface area contributed by atoms with Gasteiger partial charge in [-0.1, -0.05) is 0 Å². The van der Waals surface area contributed by atoms with E-state index in [1.54, 1.807) is 0 Å². The third-order valence-electron chi connectivity index (χ3n) is 8.40. The SMILES string of the molecule is CC(C)n1nc(-c2ccc(C(F)(F)F)nc2)cc1C1[C@H]2CC(N3CCC4(C3)CS(=O)(=O)C4)C[C@@H]12. The molecule has 2 aliphatic carbocycles. The Morgan fingerprint density at radius 1 is 1.15 bits per heavy atom. The number of fused-ring (bicyclic) bond motifs is 1. The van der Waals surface area contributed by atoms with Gasteiger partial charge in [-0.05, 0) is 69.7 Å². The second kappa shape index (κ2) is 7.29. The van der Waals surface area contributed by atoms with Gasteiger partial charge >= 0.3 is 6.18 Å². The highest BCUT2D eigenvalue weighted by molar-refractivity contribution is 7.92. The van der Waals surface area contributed by atoms with Gasteiger partial charge in [0.05, 0.1) is 17.2 Å². The van der Waals surface area contributed by atoms with Crippen molar-refractivity contribution in [2.75, 3.05) is 24.6 Å². The van der Waals surface area contributed by atoms with Gasteiger partial charge in [0.1, 0.15) is 5.69 Å². The van der Waals surface area contributed by atoms with Gasteiger partial charge < -0.3 is 0 Å². The zero-order valence-electron chi connectivity index (χ0n) is 19.3. The molecule has 0 amide bonds. The molecule has 6 rings (SSSR count). The number of halogens is 3. The number of aromatic nitrogens is 3. The summed E-state index contributed by atoms with van der Waals surface area (Å²) in [6.45, 7) is 6.06. The molecule has 2 aromatic heterocycles. The summed E-state index contributed by atoms with van der Waals surface area (Å²) in [5.74, 6) is 2.34. The van der Waals surface area contributed by atoms with Crippen LogP contribution in [0.1, 0.15) is 56.5 Å². The predicted octanol–water partition coefficient (Wildman–Crippen LogP) is 4.16. The molecule has 4 aliphatic rings. The number of rotatable bonds is 4. The molecule has 1 spiro atoms. The van der Waals surface area contributed by atoms with Gasteiger partial charge in [-0.15, -0.1) is 0 Å². The first-order valence-electron chi connectivity index (χ1n) is 12.0. The van der Waals surface area contributed by atoms with E-state index in [0.29, 0.717) is 46.6 Å². The van der Waals surface area contributed by atoms with Gasteiger partial charge in [0.15, 0.2) is 9.84 Å². The lowest BCUT2D eigenvalue weighted by atomic mass is 9.91.